The van der Waals surface area contributed by atoms with Gasteiger partial charge in [0.2, 0.25) is 15.8 Å². The van der Waals surface area contributed by atoms with Crippen LogP contribution >= 0.6 is 15.9 Å². The standard InChI is InChI=1S/C25H26BrNO6S/c1-16-10-12-19(13-11-16)34(29,30)27-23(22(26)24(28)17-8-6-5-7-9-17)18-14-20(31-2)25(33-4)21(15-18)32-3/h5-15,22-23,27H,1-4H3/t22-,23-/m1/s1. The first-order chi connectivity index (χ1) is 16.2. The van der Waals surface area contributed by atoms with Gasteiger partial charge in [0, 0.05) is 5.56 Å². The van der Waals surface area contributed by atoms with Crippen LogP contribution < -0.4 is 18.9 Å². The Balaban J connectivity index is 2.12. The number of benzene rings is 3. The molecule has 180 valence electrons. The van der Waals surface area contributed by atoms with Gasteiger partial charge in [-0.25, -0.2) is 13.1 Å². The molecule has 0 aromatic heterocycles. The first kappa shape index (κ1) is 25.7. The van der Waals surface area contributed by atoms with Crippen LogP contribution in [0.2, 0.25) is 0 Å². The number of carbonyl (C=O) groups is 1. The summed E-state index contributed by atoms with van der Waals surface area (Å²) >= 11 is 3.46. The molecule has 0 radical (unpaired) electrons. The second-order valence-corrected chi connectivity index (χ2v) is 10.2. The number of nitrogens with one attached hydrogen (secondary N) is 1. The van der Waals surface area contributed by atoms with Crippen LogP contribution in [0.3, 0.4) is 0 Å². The zero-order chi connectivity index (χ0) is 24.9. The third-order valence-electron chi connectivity index (χ3n) is 5.26. The lowest BCUT2D eigenvalue weighted by molar-refractivity contribution is 0.0981. The summed E-state index contributed by atoms with van der Waals surface area (Å²) in [4.78, 5) is 12.4. The van der Waals surface area contributed by atoms with Crippen molar-refractivity contribution in [2.45, 2.75) is 22.7 Å². The fraction of sp³-hybridized carbons (Fsp3) is 0.240. The normalized spacial score (nSPS) is 13.1. The number of aryl methyl sites for hydroxylation is 1. The molecule has 2 atom stereocenters. The number of Topliss-reactive ketones (excluding diaryl/α,β-unsaturated/α-hetero) is 1. The van der Waals surface area contributed by atoms with Gasteiger partial charge in [0.1, 0.15) is 0 Å². The summed E-state index contributed by atoms with van der Waals surface area (Å²) in [5.74, 6) is 0.742. The minimum absolute atomic E-state index is 0.0856. The van der Waals surface area contributed by atoms with E-state index in [1.54, 1.807) is 54.6 Å². The van der Waals surface area contributed by atoms with Crippen LogP contribution in [0.1, 0.15) is 27.5 Å². The Bertz CT molecular complexity index is 1220. The molecule has 0 unspecified atom stereocenters. The molecular weight excluding hydrogens is 522 g/mol. The first-order valence-electron chi connectivity index (χ1n) is 10.3. The SMILES string of the molecule is COc1cc([C@@H](NS(=O)(=O)c2ccc(C)cc2)[C@@H](Br)C(=O)c2ccccc2)cc(OC)c1OC. The lowest BCUT2D eigenvalue weighted by atomic mass is 9.97. The number of ether oxygens (including phenoxy) is 3. The second-order valence-electron chi connectivity index (χ2n) is 7.50. The van der Waals surface area contributed by atoms with E-state index in [0.29, 0.717) is 28.4 Å². The topological polar surface area (TPSA) is 90.9 Å². The zero-order valence-corrected chi connectivity index (χ0v) is 21.6. The number of methoxy groups -OCH3 is 3. The van der Waals surface area contributed by atoms with Crippen molar-refractivity contribution in [2.24, 2.45) is 0 Å². The van der Waals surface area contributed by atoms with Gasteiger partial charge < -0.3 is 14.2 Å². The van der Waals surface area contributed by atoms with Crippen LogP contribution in [0.5, 0.6) is 17.2 Å². The predicted octanol–water partition coefficient (Wildman–Crippen LogP) is 4.69. The third-order valence-corrected chi connectivity index (χ3v) is 7.66. The number of ketones is 1. The highest BCUT2D eigenvalue weighted by Gasteiger charge is 2.33. The second kappa shape index (κ2) is 11.0. The summed E-state index contributed by atoms with van der Waals surface area (Å²) < 4.78 is 45.5. The molecule has 0 spiro atoms. The number of carbonyl (C=O) groups excluding carboxylic acids is 1. The third kappa shape index (κ3) is 5.60. The van der Waals surface area contributed by atoms with Crippen LogP contribution in [0.15, 0.2) is 71.6 Å². The van der Waals surface area contributed by atoms with Crippen LogP contribution in [0.25, 0.3) is 0 Å². The van der Waals surface area contributed by atoms with E-state index in [4.69, 9.17) is 14.2 Å². The maximum atomic E-state index is 13.3. The van der Waals surface area contributed by atoms with E-state index in [1.165, 1.54) is 33.5 Å². The Morgan fingerprint density at radius 1 is 0.882 bits per heavy atom. The summed E-state index contributed by atoms with van der Waals surface area (Å²) in [5, 5.41) is 0. The lowest BCUT2D eigenvalue weighted by Gasteiger charge is -2.25. The molecule has 0 amide bonds. The van der Waals surface area contributed by atoms with Gasteiger partial charge in [-0.05, 0) is 36.8 Å². The van der Waals surface area contributed by atoms with Gasteiger partial charge in [0.05, 0.1) is 37.1 Å². The molecule has 0 bridgehead atoms. The predicted molar refractivity (Wildman–Crippen MR) is 134 cm³/mol. The summed E-state index contributed by atoms with van der Waals surface area (Å²) in [7, 11) is 0.422. The maximum absolute atomic E-state index is 13.3. The van der Waals surface area contributed by atoms with Crippen molar-refractivity contribution in [1.82, 2.24) is 4.72 Å². The monoisotopic (exact) mass is 547 g/mol. The minimum Gasteiger partial charge on any atom is -0.493 e. The number of alkyl halides is 1. The number of sulfonamides is 1. The quantitative estimate of drug-likeness (QED) is 0.292. The minimum atomic E-state index is -3.99. The van der Waals surface area contributed by atoms with E-state index in [2.05, 4.69) is 20.7 Å². The molecule has 7 nitrogen and oxygen atoms in total. The van der Waals surface area contributed by atoms with Crippen molar-refractivity contribution in [3.63, 3.8) is 0 Å². The first-order valence-corrected chi connectivity index (χ1v) is 12.7. The van der Waals surface area contributed by atoms with Crippen molar-refractivity contribution >= 4 is 31.7 Å². The molecular formula is C25H26BrNO6S. The van der Waals surface area contributed by atoms with Gasteiger partial charge >= 0.3 is 0 Å². The van der Waals surface area contributed by atoms with Crippen molar-refractivity contribution in [1.29, 1.82) is 0 Å². The van der Waals surface area contributed by atoms with Crippen LogP contribution in [0, 0.1) is 6.92 Å². The van der Waals surface area contributed by atoms with E-state index in [0.717, 1.165) is 5.56 Å². The lowest BCUT2D eigenvalue weighted by Crippen LogP contribution is -2.37. The van der Waals surface area contributed by atoms with E-state index in [-0.39, 0.29) is 10.7 Å². The van der Waals surface area contributed by atoms with Gasteiger partial charge in [-0.3, -0.25) is 4.79 Å². The number of hydrogen-bond acceptors (Lipinski definition) is 6. The van der Waals surface area contributed by atoms with Gasteiger partial charge in [-0.1, -0.05) is 64.0 Å². The Kier molecular flexibility index (Phi) is 8.35. The van der Waals surface area contributed by atoms with Crippen LogP contribution in [-0.2, 0) is 10.0 Å². The number of halogens is 1. The molecule has 0 aliphatic heterocycles. The molecule has 3 aromatic carbocycles. The summed E-state index contributed by atoms with van der Waals surface area (Å²) in [6, 6.07) is 17.4. The van der Waals surface area contributed by atoms with Gasteiger partial charge in [0.25, 0.3) is 0 Å². The molecule has 0 aliphatic rings. The summed E-state index contributed by atoms with van der Waals surface area (Å²) in [5.41, 5.74) is 1.82. The Morgan fingerprint density at radius 2 is 1.44 bits per heavy atom. The highest BCUT2D eigenvalue weighted by Crippen LogP contribution is 2.41. The Morgan fingerprint density at radius 3 is 1.94 bits per heavy atom. The van der Waals surface area contributed by atoms with E-state index < -0.39 is 20.9 Å². The summed E-state index contributed by atoms with van der Waals surface area (Å²) in [6.07, 6.45) is 0. The van der Waals surface area contributed by atoms with Crippen LogP contribution in [0.4, 0.5) is 0 Å². The highest BCUT2D eigenvalue weighted by atomic mass is 79.9. The molecule has 0 fully saturated rings. The fourth-order valence-electron chi connectivity index (χ4n) is 3.44. The Hall–Kier alpha value is -2.88. The van der Waals surface area contributed by atoms with E-state index in [9.17, 15) is 13.2 Å². The maximum Gasteiger partial charge on any atom is 0.241 e. The molecule has 3 rings (SSSR count). The molecule has 1 N–H and O–H groups in total. The molecule has 0 aliphatic carbocycles. The van der Waals surface area contributed by atoms with Crippen molar-refractivity contribution in [3.05, 3.63) is 83.4 Å². The molecule has 3 aromatic rings. The summed E-state index contributed by atoms with van der Waals surface area (Å²) in [6.45, 7) is 1.87. The van der Waals surface area contributed by atoms with Gasteiger partial charge in [0.15, 0.2) is 17.3 Å². The van der Waals surface area contributed by atoms with Crippen molar-refractivity contribution in [3.8, 4) is 17.2 Å². The van der Waals surface area contributed by atoms with E-state index in [1.807, 2.05) is 6.92 Å². The van der Waals surface area contributed by atoms with E-state index >= 15 is 0 Å². The average Bonchev–Trinajstić information content (AvgIpc) is 2.86. The fourth-order valence-corrected chi connectivity index (χ4v) is 5.56. The molecule has 9 heteroatoms. The van der Waals surface area contributed by atoms with Crippen molar-refractivity contribution < 1.29 is 27.4 Å². The number of rotatable bonds is 10. The molecule has 0 saturated heterocycles. The highest BCUT2D eigenvalue weighted by molar-refractivity contribution is 9.10. The molecule has 34 heavy (non-hydrogen) atoms. The Labute approximate surface area is 208 Å². The molecule has 0 saturated carbocycles. The zero-order valence-electron chi connectivity index (χ0n) is 19.2. The van der Waals surface area contributed by atoms with Gasteiger partial charge in [-0.2, -0.15) is 0 Å². The van der Waals surface area contributed by atoms with Crippen molar-refractivity contribution in [2.75, 3.05) is 21.3 Å². The largest absolute Gasteiger partial charge is 0.493 e. The number of hydrogen-bond donors (Lipinski definition) is 1. The van der Waals surface area contributed by atoms with Gasteiger partial charge in [-0.15, -0.1) is 0 Å². The van der Waals surface area contributed by atoms with Crippen LogP contribution in [-0.4, -0.2) is 40.4 Å². The average molecular weight is 548 g/mol. The smallest absolute Gasteiger partial charge is 0.241 e. The molecule has 0 heterocycles.